The van der Waals surface area contributed by atoms with Gasteiger partial charge in [0.2, 0.25) is 0 Å². The van der Waals surface area contributed by atoms with Crippen molar-refractivity contribution in [1.29, 1.82) is 0 Å². The maximum absolute atomic E-state index is 11.8. The Bertz CT molecular complexity index is 437. The number of hydrogen-bond acceptors (Lipinski definition) is 1. The Labute approximate surface area is 105 Å². The molecule has 0 spiro atoms. The summed E-state index contributed by atoms with van der Waals surface area (Å²) in [5.74, 6) is 2.17. The number of carbonyl (C=O) groups is 1. The first-order valence-electron chi connectivity index (χ1n) is 4.81. The molecule has 84 valence electrons. The summed E-state index contributed by atoms with van der Waals surface area (Å²) in [6.07, 6.45) is 5.92. The second-order valence-electron chi connectivity index (χ2n) is 3.20. The summed E-state index contributed by atoms with van der Waals surface area (Å²) in [7, 11) is 0. The number of rotatable bonds is 3. The zero-order valence-corrected chi connectivity index (χ0v) is 10.3. The summed E-state index contributed by atoms with van der Waals surface area (Å²) in [5, 5.41) is 3.28. The van der Waals surface area contributed by atoms with Crippen LogP contribution in [-0.4, -0.2) is 11.9 Å². The van der Waals surface area contributed by atoms with Gasteiger partial charge in [0.25, 0.3) is 5.91 Å². The molecule has 16 heavy (non-hydrogen) atoms. The van der Waals surface area contributed by atoms with E-state index in [1.807, 2.05) is 6.92 Å². The highest BCUT2D eigenvalue weighted by molar-refractivity contribution is 6.43. The largest absolute Gasteiger partial charge is 0.338 e. The van der Waals surface area contributed by atoms with Crippen molar-refractivity contribution in [2.45, 2.75) is 19.4 Å². The van der Waals surface area contributed by atoms with Crippen LogP contribution < -0.4 is 5.32 Å². The smallest absolute Gasteiger partial charge is 0.253 e. The zero-order valence-electron chi connectivity index (χ0n) is 8.76. The third-order valence-electron chi connectivity index (χ3n) is 2.11. The van der Waals surface area contributed by atoms with Crippen molar-refractivity contribution in [3.8, 4) is 12.3 Å². The Morgan fingerprint density at radius 3 is 2.81 bits per heavy atom. The lowest BCUT2D eigenvalue weighted by Crippen LogP contribution is -2.33. The molecule has 4 heteroatoms. The van der Waals surface area contributed by atoms with Crippen LogP contribution in [0.1, 0.15) is 23.7 Å². The van der Waals surface area contributed by atoms with Crippen LogP contribution in [0.2, 0.25) is 10.0 Å². The van der Waals surface area contributed by atoms with Crippen molar-refractivity contribution in [2.24, 2.45) is 0 Å². The van der Waals surface area contributed by atoms with Gasteiger partial charge in [0, 0.05) is 0 Å². The van der Waals surface area contributed by atoms with E-state index in [-0.39, 0.29) is 17.0 Å². The van der Waals surface area contributed by atoms with Crippen LogP contribution in [0.3, 0.4) is 0 Å². The van der Waals surface area contributed by atoms with Gasteiger partial charge in [-0.25, -0.2) is 0 Å². The average molecular weight is 256 g/mol. The van der Waals surface area contributed by atoms with Gasteiger partial charge in [-0.2, -0.15) is 0 Å². The lowest BCUT2D eigenvalue weighted by Gasteiger charge is -2.11. The van der Waals surface area contributed by atoms with Crippen molar-refractivity contribution < 1.29 is 4.79 Å². The van der Waals surface area contributed by atoms with Crippen LogP contribution in [0.25, 0.3) is 0 Å². The van der Waals surface area contributed by atoms with Crippen LogP contribution in [0.5, 0.6) is 0 Å². The first-order chi connectivity index (χ1) is 7.60. The summed E-state index contributed by atoms with van der Waals surface area (Å²) in [4.78, 5) is 11.8. The van der Waals surface area contributed by atoms with E-state index < -0.39 is 0 Å². The second-order valence-corrected chi connectivity index (χ2v) is 3.99. The van der Waals surface area contributed by atoms with Gasteiger partial charge in [0.15, 0.2) is 0 Å². The van der Waals surface area contributed by atoms with E-state index >= 15 is 0 Å². The van der Waals surface area contributed by atoms with E-state index in [9.17, 15) is 4.79 Å². The van der Waals surface area contributed by atoms with Gasteiger partial charge < -0.3 is 5.32 Å². The number of hydrogen-bond donors (Lipinski definition) is 1. The van der Waals surface area contributed by atoms with Gasteiger partial charge in [-0.3, -0.25) is 4.79 Å². The summed E-state index contributed by atoms with van der Waals surface area (Å²) in [5.41, 5.74) is 0.336. The van der Waals surface area contributed by atoms with E-state index in [4.69, 9.17) is 29.6 Å². The van der Waals surface area contributed by atoms with E-state index in [2.05, 4.69) is 11.2 Å². The molecule has 0 aliphatic heterocycles. The van der Waals surface area contributed by atoms with Crippen molar-refractivity contribution in [3.05, 3.63) is 33.8 Å². The molecule has 1 N–H and O–H groups in total. The van der Waals surface area contributed by atoms with Crippen LogP contribution in [0.4, 0.5) is 0 Å². The molecule has 0 aliphatic rings. The Kier molecular flexibility index (Phi) is 4.67. The standard InChI is InChI=1S/C12H11Cl2NO/c1-3-8(4-2)15-12(16)9-6-5-7-10(13)11(9)14/h1,5-8H,4H2,2H3,(H,15,16). The van der Waals surface area contributed by atoms with E-state index in [1.165, 1.54) is 0 Å². The highest BCUT2D eigenvalue weighted by atomic mass is 35.5. The minimum atomic E-state index is -0.308. The molecule has 0 radical (unpaired) electrons. The van der Waals surface area contributed by atoms with Gasteiger partial charge in [-0.05, 0) is 18.6 Å². The maximum Gasteiger partial charge on any atom is 0.253 e. The summed E-state index contributed by atoms with van der Waals surface area (Å²) >= 11 is 11.7. The normalized spacial score (nSPS) is 11.6. The molecule has 2 nitrogen and oxygen atoms in total. The van der Waals surface area contributed by atoms with Gasteiger partial charge in [-0.1, -0.05) is 42.1 Å². The Hall–Kier alpha value is -1.17. The summed E-state index contributed by atoms with van der Waals surface area (Å²) in [6.45, 7) is 1.89. The number of benzene rings is 1. The molecule has 1 amide bonds. The number of amides is 1. The highest BCUT2D eigenvalue weighted by Crippen LogP contribution is 2.25. The molecule has 0 saturated heterocycles. The average Bonchev–Trinajstić information content (AvgIpc) is 2.29. The molecule has 1 atom stereocenters. The Balaban J connectivity index is 2.90. The topological polar surface area (TPSA) is 29.1 Å². The van der Waals surface area contributed by atoms with E-state index in [1.54, 1.807) is 18.2 Å². The molecule has 0 fully saturated rings. The first-order valence-corrected chi connectivity index (χ1v) is 5.56. The third-order valence-corrected chi connectivity index (χ3v) is 2.93. The molecule has 0 aromatic heterocycles. The lowest BCUT2D eigenvalue weighted by molar-refractivity contribution is 0.0945. The van der Waals surface area contributed by atoms with Crippen LogP contribution in [-0.2, 0) is 0 Å². The highest BCUT2D eigenvalue weighted by Gasteiger charge is 2.14. The van der Waals surface area contributed by atoms with Crippen molar-refractivity contribution in [1.82, 2.24) is 5.32 Å². The lowest BCUT2D eigenvalue weighted by atomic mass is 10.1. The molecular weight excluding hydrogens is 245 g/mol. The van der Waals surface area contributed by atoms with Crippen molar-refractivity contribution >= 4 is 29.1 Å². The number of halogens is 2. The summed E-state index contributed by atoms with van der Waals surface area (Å²) < 4.78 is 0. The van der Waals surface area contributed by atoms with Crippen LogP contribution in [0.15, 0.2) is 18.2 Å². The summed E-state index contributed by atoms with van der Waals surface area (Å²) in [6, 6.07) is 4.61. The quantitative estimate of drug-likeness (QED) is 0.827. The van der Waals surface area contributed by atoms with Crippen molar-refractivity contribution in [2.75, 3.05) is 0 Å². The van der Waals surface area contributed by atoms with Crippen LogP contribution in [0, 0.1) is 12.3 Å². The molecule has 1 aromatic rings. The first kappa shape index (κ1) is 12.9. The minimum Gasteiger partial charge on any atom is -0.338 e. The fraction of sp³-hybridized carbons (Fsp3) is 0.250. The van der Waals surface area contributed by atoms with Crippen molar-refractivity contribution in [3.63, 3.8) is 0 Å². The molecule has 1 unspecified atom stereocenters. The zero-order chi connectivity index (χ0) is 12.1. The molecular formula is C12H11Cl2NO. The number of terminal acetylenes is 1. The van der Waals surface area contributed by atoms with E-state index in [0.717, 1.165) is 0 Å². The molecule has 1 aromatic carbocycles. The molecule has 0 bridgehead atoms. The number of nitrogens with one attached hydrogen (secondary N) is 1. The van der Waals surface area contributed by atoms with Crippen LogP contribution >= 0.6 is 23.2 Å². The van der Waals surface area contributed by atoms with Gasteiger partial charge in [-0.15, -0.1) is 6.42 Å². The second kappa shape index (κ2) is 5.79. The maximum atomic E-state index is 11.8. The fourth-order valence-electron chi connectivity index (χ4n) is 1.18. The monoisotopic (exact) mass is 255 g/mol. The molecule has 0 saturated carbocycles. The third kappa shape index (κ3) is 2.91. The minimum absolute atomic E-state index is 0.244. The fourth-order valence-corrected chi connectivity index (χ4v) is 1.56. The Morgan fingerprint density at radius 2 is 2.25 bits per heavy atom. The molecule has 1 rings (SSSR count). The predicted molar refractivity (Wildman–Crippen MR) is 66.8 cm³/mol. The van der Waals surface area contributed by atoms with Gasteiger partial charge >= 0.3 is 0 Å². The van der Waals surface area contributed by atoms with E-state index in [0.29, 0.717) is 17.0 Å². The predicted octanol–water partition coefficient (Wildman–Crippen LogP) is 3.14. The van der Waals surface area contributed by atoms with Gasteiger partial charge in [0.1, 0.15) is 0 Å². The molecule has 0 heterocycles. The van der Waals surface area contributed by atoms with Gasteiger partial charge in [0.05, 0.1) is 21.7 Å². The molecule has 0 aliphatic carbocycles. The number of carbonyl (C=O) groups excluding carboxylic acids is 1. The SMILES string of the molecule is C#CC(CC)NC(=O)c1cccc(Cl)c1Cl. The Morgan fingerprint density at radius 1 is 1.56 bits per heavy atom.